The fourth-order valence-corrected chi connectivity index (χ4v) is 3.19. The van der Waals surface area contributed by atoms with E-state index in [1.165, 1.54) is 6.08 Å². The number of nitrogens with one attached hydrogen (secondary N) is 2. The first kappa shape index (κ1) is 22.5. The second-order valence-electron chi connectivity index (χ2n) is 6.67. The SMILES string of the molecule is CCCCCOC(=O)CC1C(=O)NCCN1C(=S)NC(=O)/C=C/c1ccccc1. The molecule has 2 rings (SSSR count). The van der Waals surface area contributed by atoms with E-state index in [4.69, 9.17) is 17.0 Å². The van der Waals surface area contributed by atoms with Gasteiger partial charge in [0.1, 0.15) is 6.04 Å². The van der Waals surface area contributed by atoms with Crippen molar-refractivity contribution in [2.24, 2.45) is 0 Å². The summed E-state index contributed by atoms with van der Waals surface area (Å²) in [5, 5.41) is 5.44. The van der Waals surface area contributed by atoms with Crippen molar-refractivity contribution in [3.63, 3.8) is 0 Å². The Bertz CT molecular complexity index is 752. The third-order valence-corrected chi connectivity index (χ3v) is 4.76. The number of unbranched alkanes of at least 4 members (excludes halogenated alkanes) is 2. The summed E-state index contributed by atoms with van der Waals surface area (Å²) in [4.78, 5) is 38.1. The third kappa shape index (κ3) is 7.65. The minimum atomic E-state index is -0.798. The lowest BCUT2D eigenvalue weighted by molar-refractivity contribution is -0.147. The van der Waals surface area contributed by atoms with E-state index in [1.807, 2.05) is 30.3 Å². The summed E-state index contributed by atoms with van der Waals surface area (Å²) in [6, 6.07) is 8.59. The molecule has 0 saturated carbocycles. The van der Waals surface area contributed by atoms with Crippen molar-refractivity contribution in [1.29, 1.82) is 0 Å². The van der Waals surface area contributed by atoms with Gasteiger partial charge in [0.2, 0.25) is 11.8 Å². The number of rotatable bonds is 8. The maximum Gasteiger partial charge on any atom is 0.308 e. The van der Waals surface area contributed by atoms with Gasteiger partial charge in [0.05, 0.1) is 13.0 Å². The molecule has 1 aliphatic heterocycles. The van der Waals surface area contributed by atoms with Crippen molar-refractivity contribution in [1.82, 2.24) is 15.5 Å². The topological polar surface area (TPSA) is 87.7 Å². The Morgan fingerprint density at radius 3 is 2.79 bits per heavy atom. The highest BCUT2D eigenvalue weighted by Crippen LogP contribution is 2.11. The minimum Gasteiger partial charge on any atom is -0.466 e. The van der Waals surface area contributed by atoms with Crippen molar-refractivity contribution in [2.75, 3.05) is 19.7 Å². The molecule has 0 aliphatic carbocycles. The largest absolute Gasteiger partial charge is 0.466 e. The molecule has 1 fully saturated rings. The number of hydrogen-bond acceptors (Lipinski definition) is 5. The van der Waals surface area contributed by atoms with Crippen LogP contribution in [-0.4, -0.2) is 53.5 Å². The molecule has 2 amide bonds. The number of benzene rings is 1. The molecular weight excluding hydrogens is 390 g/mol. The molecule has 8 heteroatoms. The number of amides is 2. The van der Waals surface area contributed by atoms with Gasteiger partial charge in [-0.1, -0.05) is 50.1 Å². The van der Waals surface area contributed by atoms with Gasteiger partial charge in [-0.15, -0.1) is 0 Å². The normalized spacial score (nSPS) is 16.4. The Kier molecular flexibility index (Phi) is 9.30. The van der Waals surface area contributed by atoms with Crippen LogP contribution in [0.5, 0.6) is 0 Å². The van der Waals surface area contributed by atoms with Crippen molar-refractivity contribution in [3.8, 4) is 0 Å². The molecule has 7 nitrogen and oxygen atoms in total. The molecule has 1 heterocycles. The maximum absolute atomic E-state index is 12.3. The molecule has 1 aromatic rings. The zero-order valence-corrected chi connectivity index (χ0v) is 17.4. The number of carbonyl (C=O) groups is 3. The van der Waals surface area contributed by atoms with Crippen LogP contribution in [0, 0.1) is 0 Å². The molecule has 1 saturated heterocycles. The van der Waals surface area contributed by atoms with Gasteiger partial charge in [-0.3, -0.25) is 19.7 Å². The van der Waals surface area contributed by atoms with Gasteiger partial charge >= 0.3 is 5.97 Å². The molecule has 0 bridgehead atoms. The lowest BCUT2D eigenvalue weighted by Gasteiger charge is -2.36. The Labute approximate surface area is 176 Å². The molecule has 1 unspecified atom stereocenters. The first-order valence-corrected chi connectivity index (χ1v) is 10.2. The second kappa shape index (κ2) is 12.0. The molecule has 1 atom stereocenters. The molecular formula is C21H27N3O4S. The number of carbonyl (C=O) groups excluding carboxylic acids is 3. The van der Waals surface area contributed by atoms with E-state index in [9.17, 15) is 14.4 Å². The molecule has 0 spiro atoms. The number of esters is 1. The van der Waals surface area contributed by atoms with E-state index < -0.39 is 17.9 Å². The van der Waals surface area contributed by atoms with Crippen LogP contribution in [0.1, 0.15) is 38.2 Å². The highest BCUT2D eigenvalue weighted by Gasteiger charge is 2.34. The van der Waals surface area contributed by atoms with Gasteiger partial charge in [-0.25, -0.2) is 0 Å². The summed E-state index contributed by atoms with van der Waals surface area (Å²) in [6.45, 7) is 3.20. The lowest BCUT2D eigenvalue weighted by atomic mass is 10.1. The average molecular weight is 418 g/mol. The number of hydrogen-bond donors (Lipinski definition) is 2. The predicted octanol–water partition coefficient (Wildman–Crippen LogP) is 2.02. The molecule has 2 N–H and O–H groups in total. The third-order valence-electron chi connectivity index (χ3n) is 4.42. The number of piperazine rings is 1. The van der Waals surface area contributed by atoms with Crippen molar-refractivity contribution in [2.45, 2.75) is 38.6 Å². The van der Waals surface area contributed by atoms with Crippen LogP contribution in [0.15, 0.2) is 36.4 Å². The quantitative estimate of drug-likeness (QED) is 0.291. The highest BCUT2D eigenvalue weighted by atomic mass is 32.1. The monoisotopic (exact) mass is 417 g/mol. The van der Waals surface area contributed by atoms with Crippen LogP contribution in [0.3, 0.4) is 0 Å². The van der Waals surface area contributed by atoms with Gasteiger partial charge in [-0.2, -0.15) is 0 Å². The van der Waals surface area contributed by atoms with E-state index in [0.717, 1.165) is 24.8 Å². The zero-order chi connectivity index (χ0) is 21.1. The molecule has 156 valence electrons. The zero-order valence-electron chi connectivity index (χ0n) is 16.6. The molecule has 29 heavy (non-hydrogen) atoms. The first-order valence-electron chi connectivity index (χ1n) is 9.79. The van der Waals surface area contributed by atoms with Crippen LogP contribution < -0.4 is 10.6 Å². The van der Waals surface area contributed by atoms with Crippen LogP contribution in [0.2, 0.25) is 0 Å². The van der Waals surface area contributed by atoms with Crippen molar-refractivity contribution >= 4 is 41.2 Å². The smallest absolute Gasteiger partial charge is 0.308 e. The van der Waals surface area contributed by atoms with Gasteiger partial charge in [0.25, 0.3) is 0 Å². The summed E-state index contributed by atoms with van der Waals surface area (Å²) in [6.07, 6.45) is 5.74. The van der Waals surface area contributed by atoms with Crippen LogP contribution >= 0.6 is 12.2 Å². The summed E-state index contributed by atoms with van der Waals surface area (Å²) in [5.74, 6) is -1.16. The first-order chi connectivity index (χ1) is 14.0. The Morgan fingerprint density at radius 2 is 2.07 bits per heavy atom. The Balaban J connectivity index is 1.91. The number of thiocarbonyl (C=S) groups is 1. The van der Waals surface area contributed by atoms with Crippen molar-refractivity contribution < 1.29 is 19.1 Å². The predicted molar refractivity (Wildman–Crippen MR) is 115 cm³/mol. The van der Waals surface area contributed by atoms with Gasteiger partial charge in [-0.05, 0) is 30.3 Å². The van der Waals surface area contributed by atoms with Gasteiger partial charge in [0.15, 0.2) is 5.11 Å². The van der Waals surface area contributed by atoms with Gasteiger partial charge in [0, 0.05) is 19.2 Å². The standard InChI is InChI=1S/C21H27N3O4S/c1-2-3-7-14-28-19(26)15-17-20(27)22-12-13-24(17)21(29)23-18(25)11-10-16-8-5-4-6-9-16/h4-6,8-11,17H,2-3,7,12-15H2,1H3,(H,22,27)(H,23,25,29)/b11-10+. The number of nitrogens with zero attached hydrogens (tertiary/aromatic N) is 1. The van der Waals surface area contributed by atoms with E-state index in [-0.39, 0.29) is 17.4 Å². The van der Waals surface area contributed by atoms with E-state index in [0.29, 0.717) is 19.7 Å². The molecule has 0 aromatic heterocycles. The second-order valence-corrected chi connectivity index (χ2v) is 7.06. The van der Waals surface area contributed by atoms with E-state index in [2.05, 4.69) is 17.6 Å². The molecule has 1 aromatic carbocycles. The summed E-state index contributed by atoms with van der Waals surface area (Å²) < 4.78 is 5.20. The molecule has 0 radical (unpaired) electrons. The highest BCUT2D eigenvalue weighted by molar-refractivity contribution is 7.80. The lowest BCUT2D eigenvalue weighted by Crippen LogP contribution is -2.60. The van der Waals surface area contributed by atoms with E-state index in [1.54, 1.807) is 11.0 Å². The van der Waals surface area contributed by atoms with E-state index >= 15 is 0 Å². The summed E-state index contributed by atoms with van der Waals surface area (Å²) in [7, 11) is 0. The molecule has 1 aliphatic rings. The fraction of sp³-hybridized carbons (Fsp3) is 0.429. The van der Waals surface area contributed by atoms with Crippen LogP contribution in [-0.2, 0) is 19.1 Å². The van der Waals surface area contributed by atoms with Crippen molar-refractivity contribution in [3.05, 3.63) is 42.0 Å². The Hall–Kier alpha value is -2.74. The maximum atomic E-state index is 12.3. The fourth-order valence-electron chi connectivity index (χ4n) is 2.87. The Morgan fingerprint density at radius 1 is 1.31 bits per heavy atom. The van der Waals surface area contributed by atoms with Crippen LogP contribution in [0.4, 0.5) is 0 Å². The van der Waals surface area contributed by atoms with Gasteiger partial charge < -0.3 is 15.0 Å². The minimum absolute atomic E-state index is 0.117. The number of ether oxygens (including phenoxy) is 1. The average Bonchev–Trinajstić information content (AvgIpc) is 2.72. The van der Waals surface area contributed by atoms with Crippen LogP contribution in [0.25, 0.3) is 6.08 Å². The summed E-state index contributed by atoms with van der Waals surface area (Å²) in [5.41, 5.74) is 0.884. The summed E-state index contributed by atoms with van der Waals surface area (Å²) >= 11 is 5.31.